The van der Waals surface area contributed by atoms with Crippen LogP contribution in [0.1, 0.15) is 33.6 Å². The fourth-order valence-corrected chi connectivity index (χ4v) is 1.78. The van der Waals surface area contributed by atoms with Crippen LogP contribution in [0.15, 0.2) is 5.10 Å². The van der Waals surface area contributed by atoms with Gasteiger partial charge in [-0.25, -0.2) is 15.0 Å². The first kappa shape index (κ1) is 16.2. The Hall–Kier alpha value is -1.83. The third-order valence-electron chi connectivity index (χ3n) is 2.54. The van der Waals surface area contributed by atoms with E-state index in [1.807, 2.05) is 5.43 Å². The summed E-state index contributed by atoms with van der Waals surface area (Å²) in [4.78, 5) is 22.3. The molecule has 4 N–H and O–H groups in total. The van der Waals surface area contributed by atoms with Gasteiger partial charge in [-0.3, -0.25) is 0 Å². The molecule has 0 bridgehead atoms. The summed E-state index contributed by atoms with van der Waals surface area (Å²) in [6.45, 7) is 6.55. The number of ether oxygens (including phenoxy) is 1. The molecule has 0 aliphatic carbocycles. The van der Waals surface area contributed by atoms with Gasteiger partial charge in [-0.05, 0) is 40.2 Å². The molecule has 0 saturated carbocycles. The lowest BCUT2D eigenvalue weighted by atomic mass is 10.1. The van der Waals surface area contributed by atoms with Crippen LogP contribution in [0.25, 0.3) is 0 Å². The third kappa shape index (κ3) is 6.37. The van der Waals surface area contributed by atoms with Gasteiger partial charge in [-0.2, -0.15) is 5.10 Å². The molecule has 1 aliphatic rings. The zero-order valence-corrected chi connectivity index (χ0v) is 12.0. The first-order valence-electron chi connectivity index (χ1n) is 6.53. The minimum absolute atomic E-state index is 0.341. The highest BCUT2D eigenvalue weighted by molar-refractivity contribution is 5.94. The van der Waals surface area contributed by atoms with Gasteiger partial charge in [0.1, 0.15) is 5.60 Å². The average Bonchev–Trinajstić information content (AvgIpc) is 2.49. The van der Waals surface area contributed by atoms with Crippen LogP contribution in [-0.4, -0.2) is 47.7 Å². The molecule has 114 valence electrons. The van der Waals surface area contributed by atoms with Gasteiger partial charge in [0, 0.05) is 6.54 Å². The summed E-state index contributed by atoms with van der Waals surface area (Å²) in [5, 5.41) is 18.2. The topological polar surface area (TPSA) is 112 Å². The quantitative estimate of drug-likeness (QED) is 0.563. The number of rotatable bonds is 2. The lowest BCUT2D eigenvalue weighted by molar-refractivity contribution is 0.0516. The van der Waals surface area contributed by atoms with E-state index in [4.69, 9.17) is 9.84 Å². The Kier molecular flexibility index (Phi) is 5.75. The van der Waals surface area contributed by atoms with Crippen LogP contribution in [0, 0.1) is 0 Å². The van der Waals surface area contributed by atoms with Crippen molar-refractivity contribution in [2.45, 2.75) is 45.3 Å². The summed E-state index contributed by atoms with van der Waals surface area (Å²) < 4.78 is 5.19. The molecule has 0 radical (unpaired) electrons. The molecule has 1 aliphatic heterocycles. The predicted molar refractivity (Wildman–Crippen MR) is 73.9 cm³/mol. The molecule has 1 heterocycles. The van der Waals surface area contributed by atoms with E-state index in [-0.39, 0.29) is 6.04 Å². The van der Waals surface area contributed by atoms with E-state index in [0.717, 1.165) is 13.0 Å². The summed E-state index contributed by atoms with van der Waals surface area (Å²) in [5.74, 6) is 0. The Bertz CT molecular complexity index is 389. The van der Waals surface area contributed by atoms with Crippen LogP contribution in [0.2, 0.25) is 0 Å². The Morgan fingerprint density at radius 3 is 2.75 bits per heavy atom. The fourth-order valence-electron chi connectivity index (χ4n) is 1.78. The van der Waals surface area contributed by atoms with E-state index in [2.05, 4.69) is 15.7 Å². The van der Waals surface area contributed by atoms with Crippen LogP contribution >= 0.6 is 0 Å². The summed E-state index contributed by atoms with van der Waals surface area (Å²) in [6.07, 6.45) is -0.246. The fraction of sp³-hybridized carbons (Fsp3) is 0.750. The molecule has 2 amide bonds. The van der Waals surface area contributed by atoms with E-state index in [9.17, 15) is 9.59 Å². The number of nitrogens with one attached hydrogen (secondary N) is 3. The van der Waals surface area contributed by atoms with Crippen molar-refractivity contribution in [3.8, 4) is 0 Å². The molecule has 8 nitrogen and oxygen atoms in total. The zero-order valence-electron chi connectivity index (χ0n) is 12.0. The Morgan fingerprint density at radius 1 is 1.45 bits per heavy atom. The number of hydrogen-bond acceptors (Lipinski definition) is 5. The van der Waals surface area contributed by atoms with Crippen LogP contribution < -0.4 is 16.1 Å². The number of nitrogens with zero attached hydrogens (tertiary/aromatic N) is 1. The molecule has 0 spiro atoms. The minimum atomic E-state index is -1.24. The second kappa shape index (κ2) is 7.09. The maximum atomic E-state index is 11.8. The van der Waals surface area contributed by atoms with Gasteiger partial charge in [-0.1, -0.05) is 0 Å². The van der Waals surface area contributed by atoms with Crippen molar-refractivity contribution < 1.29 is 19.4 Å². The lowest BCUT2D eigenvalue weighted by Gasteiger charge is -2.23. The smallest absolute Gasteiger partial charge is 0.425 e. The summed E-state index contributed by atoms with van der Waals surface area (Å²) in [6, 6.07) is -0.341. The van der Waals surface area contributed by atoms with Crippen molar-refractivity contribution in [3.05, 3.63) is 0 Å². The van der Waals surface area contributed by atoms with E-state index in [1.54, 1.807) is 20.8 Å². The number of carbonyl (C=O) groups is 2. The van der Waals surface area contributed by atoms with Gasteiger partial charge in [0.25, 0.3) is 0 Å². The molecular formula is C12H22N4O4. The van der Waals surface area contributed by atoms with Gasteiger partial charge in [0.15, 0.2) is 0 Å². The third-order valence-corrected chi connectivity index (χ3v) is 2.54. The van der Waals surface area contributed by atoms with Gasteiger partial charge in [-0.15, -0.1) is 0 Å². The normalized spacial score (nSPS) is 21.9. The predicted octanol–water partition coefficient (Wildman–Crippen LogP) is 0.887. The Balaban J connectivity index is 2.68. The number of carboxylic acid groups (broad SMARTS) is 1. The minimum Gasteiger partial charge on any atom is -0.464 e. The standard InChI is InChI=1S/C12H22N4O4/c1-12(2,3)20-11(19)14-8-5-4-6-13-7-9(8)15-16-10(17)18/h8,13,16H,4-7H2,1-3H3,(H,14,19)(H,17,18)/b15-9+. The van der Waals surface area contributed by atoms with Crippen molar-refractivity contribution in [1.82, 2.24) is 16.1 Å². The number of amides is 2. The molecule has 8 heteroatoms. The molecule has 1 saturated heterocycles. The largest absolute Gasteiger partial charge is 0.464 e. The summed E-state index contributed by atoms with van der Waals surface area (Å²) in [5.41, 5.74) is 1.93. The molecule has 1 atom stereocenters. The average molecular weight is 286 g/mol. The molecule has 0 aromatic rings. The number of hydrogen-bond donors (Lipinski definition) is 4. The highest BCUT2D eigenvalue weighted by atomic mass is 16.6. The van der Waals surface area contributed by atoms with E-state index >= 15 is 0 Å². The first-order chi connectivity index (χ1) is 9.28. The molecule has 1 rings (SSSR count). The molecular weight excluding hydrogens is 264 g/mol. The molecule has 20 heavy (non-hydrogen) atoms. The van der Waals surface area contributed by atoms with Gasteiger partial charge < -0.3 is 20.5 Å². The van der Waals surface area contributed by atoms with Crippen molar-refractivity contribution in [1.29, 1.82) is 0 Å². The maximum absolute atomic E-state index is 11.8. The SMILES string of the molecule is CC(C)(C)OC(=O)NC1CCCNC/C1=N\NC(=O)O. The maximum Gasteiger partial charge on any atom is 0.425 e. The number of alkyl carbamates (subject to hydrolysis) is 1. The second-order valence-electron chi connectivity index (χ2n) is 5.54. The Morgan fingerprint density at radius 2 is 2.15 bits per heavy atom. The van der Waals surface area contributed by atoms with Crippen LogP contribution in [-0.2, 0) is 4.74 Å². The van der Waals surface area contributed by atoms with Crippen LogP contribution in [0.3, 0.4) is 0 Å². The van der Waals surface area contributed by atoms with Gasteiger partial charge in [0.05, 0.1) is 11.8 Å². The molecule has 0 aromatic carbocycles. The molecule has 0 aromatic heterocycles. The van der Waals surface area contributed by atoms with Gasteiger partial charge >= 0.3 is 12.2 Å². The zero-order chi connectivity index (χ0) is 15.2. The highest BCUT2D eigenvalue weighted by Gasteiger charge is 2.24. The van der Waals surface area contributed by atoms with E-state index < -0.39 is 17.8 Å². The Labute approximate surface area is 117 Å². The van der Waals surface area contributed by atoms with Crippen molar-refractivity contribution in [3.63, 3.8) is 0 Å². The number of carbonyl (C=O) groups excluding carboxylic acids is 1. The number of hydrazone groups is 1. The highest BCUT2D eigenvalue weighted by Crippen LogP contribution is 2.09. The van der Waals surface area contributed by atoms with E-state index in [0.29, 0.717) is 18.7 Å². The molecule has 1 unspecified atom stereocenters. The van der Waals surface area contributed by atoms with E-state index in [1.165, 1.54) is 0 Å². The summed E-state index contributed by atoms with van der Waals surface area (Å²) >= 11 is 0. The van der Waals surface area contributed by atoms with Crippen molar-refractivity contribution in [2.24, 2.45) is 5.10 Å². The second-order valence-corrected chi connectivity index (χ2v) is 5.54. The van der Waals surface area contributed by atoms with Crippen molar-refractivity contribution in [2.75, 3.05) is 13.1 Å². The summed E-state index contributed by atoms with van der Waals surface area (Å²) in [7, 11) is 0. The molecule has 1 fully saturated rings. The van der Waals surface area contributed by atoms with Gasteiger partial charge in [0.2, 0.25) is 0 Å². The lowest BCUT2D eigenvalue weighted by Crippen LogP contribution is -2.45. The van der Waals surface area contributed by atoms with Crippen LogP contribution in [0.5, 0.6) is 0 Å². The first-order valence-corrected chi connectivity index (χ1v) is 6.53. The monoisotopic (exact) mass is 286 g/mol. The van der Waals surface area contributed by atoms with Crippen molar-refractivity contribution >= 4 is 17.9 Å². The van der Waals surface area contributed by atoms with Crippen LogP contribution in [0.4, 0.5) is 9.59 Å².